The Labute approximate surface area is 257 Å². The Hall–Kier alpha value is -5.07. The Balaban J connectivity index is 1.38. The van der Waals surface area contributed by atoms with E-state index in [2.05, 4.69) is 59.5 Å². The van der Waals surface area contributed by atoms with Gasteiger partial charge in [-0.2, -0.15) is 0 Å². The number of fused-ring (bicyclic) bond motifs is 2. The second-order valence-corrected chi connectivity index (χ2v) is 11.0. The highest BCUT2D eigenvalue weighted by Gasteiger charge is 2.19. The van der Waals surface area contributed by atoms with Crippen molar-refractivity contribution in [1.82, 2.24) is 4.90 Å². The Bertz CT molecular complexity index is 1940. The predicted octanol–water partition coefficient (Wildman–Crippen LogP) is 8.05. The largest absolute Gasteiger partial charge is 0.497 e. The van der Waals surface area contributed by atoms with Crippen LogP contribution >= 0.6 is 0 Å². The van der Waals surface area contributed by atoms with E-state index >= 15 is 0 Å². The number of nitrogens with zero attached hydrogens (tertiary/aromatic N) is 1. The van der Waals surface area contributed by atoms with E-state index < -0.39 is 0 Å². The maximum Gasteiger partial charge on any atom is 0.192 e. The molecule has 0 N–H and O–H groups in total. The average Bonchev–Trinajstić information content (AvgIpc) is 3.05. The minimum Gasteiger partial charge on any atom is -0.497 e. The van der Waals surface area contributed by atoms with Crippen molar-refractivity contribution in [2.75, 3.05) is 14.2 Å². The van der Waals surface area contributed by atoms with E-state index in [1.54, 1.807) is 27.2 Å². The topological polar surface area (TPSA) is 61.1 Å². The number of rotatable bonds is 11. The molecule has 0 aliphatic carbocycles. The Kier molecular flexibility index (Phi) is 8.62. The number of ether oxygens (including phenoxy) is 3. The van der Waals surface area contributed by atoms with Crippen LogP contribution in [0.25, 0.3) is 21.7 Å². The summed E-state index contributed by atoms with van der Waals surface area (Å²) in [5.41, 5.74) is 4.67. The van der Waals surface area contributed by atoms with Gasteiger partial charge in [0.1, 0.15) is 35.2 Å². The molecular weight excluding hydrogens is 550 g/mol. The normalized spacial score (nSPS) is 11.3. The van der Waals surface area contributed by atoms with Crippen LogP contribution < -0.4 is 19.6 Å². The van der Waals surface area contributed by atoms with Crippen LogP contribution in [-0.4, -0.2) is 19.1 Å². The molecule has 0 amide bonds. The standard InChI is InChI=1S/C38H35NO5/c1-26-20-36(40)34-18-19-37(43-25-28-11-16-33(42-3)17-12-28)35(38(34)44-26)24-39(22-27-9-14-32(41-2)15-10-27)23-29-8-13-30-6-4-5-7-31(30)21-29/h4-21H,22-25H2,1-3H3. The average molecular weight is 586 g/mol. The first-order valence-electron chi connectivity index (χ1n) is 14.6. The van der Waals surface area contributed by atoms with Gasteiger partial charge in [0.25, 0.3) is 0 Å². The summed E-state index contributed by atoms with van der Waals surface area (Å²) >= 11 is 0. The van der Waals surface area contributed by atoms with Crippen LogP contribution in [0, 0.1) is 6.92 Å². The summed E-state index contributed by atoms with van der Waals surface area (Å²) in [7, 11) is 3.32. The SMILES string of the molecule is COc1ccc(COc2ccc3c(=O)cc(C)oc3c2CN(Cc2ccc(OC)cc2)Cc2ccc3ccccc3c2)cc1. The third kappa shape index (κ3) is 6.61. The van der Waals surface area contributed by atoms with E-state index in [1.165, 1.54) is 22.4 Å². The zero-order chi connectivity index (χ0) is 30.5. The summed E-state index contributed by atoms with van der Waals surface area (Å²) < 4.78 is 23.4. The summed E-state index contributed by atoms with van der Waals surface area (Å²) in [6, 6.07) is 36.1. The molecule has 0 fully saturated rings. The van der Waals surface area contributed by atoms with Crippen molar-refractivity contribution >= 4 is 21.7 Å². The second kappa shape index (κ2) is 13.1. The van der Waals surface area contributed by atoms with Crippen molar-refractivity contribution in [3.63, 3.8) is 0 Å². The van der Waals surface area contributed by atoms with Gasteiger partial charge in [0.15, 0.2) is 5.43 Å². The van der Waals surface area contributed by atoms with Crippen LogP contribution in [0.1, 0.15) is 28.0 Å². The molecule has 0 radical (unpaired) electrons. The van der Waals surface area contributed by atoms with Crippen LogP contribution in [0.5, 0.6) is 17.2 Å². The van der Waals surface area contributed by atoms with E-state index in [0.717, 1.165) is 28.2 Å². The van der Waals surface area contributed by atoms with Crippen molar-refractivity contribution in [1.29, 1.82) is 0 Å². The van der Waals surface area contributed by atoms with Crippen LogP contribution in [0.3, 0.4) is 0 Å². The molecule has 0 unspecified atom stereocenters. The van der Waals surface area contributed by atoms with E-state index in [9.17, 15) is 4.79 Å². The number of benzene rings is 5. The molecule has 0 aliphatic rings. The molecule has 1 aromatic heterocycles. The molecule has 44 heavy (non-hydrogen) atoms. The van der Waals surface area contributed by atoms with Crippen molar-refractivity contribution in [2.24, 2.45) is 0 Å². The molecule has 0 saturated heterocycles. The monoisotopic (exact) mass is 585 g/mol. The molecule has 6 rings (SSSR count). The highest BCUT2D eigenvalue weighted by atomic mass is 16.5. The molecule has 0 atom stereocenters. The Morgan fingerprint density at radius 2 is 1.30 bits per heavy atom. The second-order valence-electron chi connectivity index (χ2n) is 11.0. The van der Waals surface area contributed by atoms with Gasteiger partial charge in [-0.15, -0.1) is 0 Å². The van der Waals surface area contributed by atoms with Crippen LogP contribution in [0.2, 0.25) is 0 Å². The zero-order valence-corrected chi connectivity index (χ0v) is 25.2. The van der Waals surface area contributed by atoms with E-state index in [0.29, 0.717) is 48.7 Å². The number of methoxy groups -OCH3 is 2. The van der Waals surface area contributed by atoms with Crippen LogP contribution in [0.15, 0.2) is 118 Å². The number of hydrogen-bond acceptors (Lipinski definition) is 6. The van der Waals surface area contributed by atoms with E-state index in [4.69, 9.17) is 18.6 Å². The number of aryl methyl sites for hydroxylation is 1. The smallest absolute Gasteiger partial charge is 0.192 e. The molecule has 6 aromatic rings. The molecule has 1 heterocycles. The lowest BCUT2D eigenvalue weighted by atomic mass is 10.0. The van der Waals surface area contributed by atoms with Gasteiger partial charge < -0.3 is 18.6 Å². The minimum atomic E-state index is -0.0667. The maximum atomic E-state index is 13.0. The van der Waals surface area contributed by atoms with Crippen LogP contribution in [0.4, 0.5) is 0 Å². The highest BCUT2D eigenvalue weighted by Crippen LogP contribution is 2.31. The van der Waals surface area contributed by atoms with Gasteiger partial charge in [-0.1, -0.05) is 60.7 Å². The van der Waals surface area contributed by atoms with Crippen LogP contribution in [-0.2, 0) is 26.2 Å². The molecule has 0 spiro atoms. The van der Waals surface area contributed by atoms with Gasteiger partial charge in [-0.3, -0.25) is 9.69 Å². The van der Waals surface area contributed by atoms with Gasteiger partial charge in [-0.05, 0) is 76.9 Å². The fraction of sp³-hybridized carbons (Fsp3) is 0.184. The lowest BCUT2D eigenvalue weighted by Gasteiger charge is -2.25. The summed E-state index contributed by atoms with van der Waals surface area (Å²) in [6.45, 7) is 4.02. The Morgan fingerprint density at radius 1 is 0.659 bits per heavy atom. The van der Waals surface area contributed by atoms with E-state index in [1.807, 2.05) is 42.5 Å². The molecule has 222 valence electrons. The predicted molar refractivity (Wildman–Crippen MR) is 174 cm³/mol. The van der Waals surface area contributed by atoms with Crippen molar-refractivity contribution in [3.8, 4) is 17.2 Å². The lowest BCUT2D eigenvalue weighted by Crippen LogP contribution is -2.23. The van der Waals surface area contributed by atoms with Gasteiger partial charge in [0.2, 0.25) is 0 Å². The number of hydrogen-bond donors (Lipinski definition) is 0. The molecule has 0 aliphatic heterocycles. The summed E-state index contributed by atoms with van der Waals surface area (Å²) in [6.07, 6.45) is 0. The summed E-state index contributed by atoms with van der Waals surface area (Å²) in [5, 5.41) is 2.95. The highest BCUT2D eigenvalue weighted by molar-refractivity contribution is 5.83. The first kappa shape index (κ1) is 29.0. The molecule has 6 heteroatoms. The third-order valence-corrected chi connectivity index (χ3v) is 7.80. The summed E-state index contributed by atoms with van der Waals surface area (Å²) in [4.78, 5) is 15.4. The molecule has 5 aromatic carbocycles. The fourth-order valence-electron chi connectivity index (χ4n) is 5.52. The van der Waals surface area contributed by atoms with E-state index in [-0.39, 0.29) is 5.43 Å². The first-order valence-corrected chi connectivity index (χ1v) is 14.6. The zero-order valence-electron chi connectivity index (χ0n) is 25.2. The molecular formula is C38H35NO5. The van der Waals surface area contributed by atoms with Gasteiger partial charge in [0, 0.05) is 25.7 Å². The van der Waals surface area contributed by atoms with Crippen molar-refractivity contribution in [3.05, 3.63) is 147 Å². The first-order chi connectivity index (χ1) is 21.5. The minimum absolute atomic E-state index is 0.0667. The Morgan fingerprint density at radius 3 is 2.00 bits per heavy atom. The fourth-order valence-corrected chi connectivity index (χ4v) is 5.52. The lowest BCUT2D eigenvalue weighted by molar-refractivity contribution is 0.237. The quantitative estimate of drug-likeness (QED) is 0.153. The third-order valence-electron chi connectivity index (χ3n) is 7.80. The molecule has 6 nitrogen and oxygen atoms in total. The van der Waals surface area contributed by atoms with Gasteiger partial charge >= 0.3 is 0 Å². The van der Waals surface area contributed by atoms with Crippen molar-refractivity contribution in [2.45, 2.75) is 33.2 Å². The van der Waals surface area contributed by atoms with Gasteiger partial charge in [0.05, 0.1) is 25.2 Å². The molecule has 0 bridgehead atoms. The maximum absolute atomic E-state index is 13.0. The summed E-state index contributed by atoms with van der Waals surface area (Å²) in [5.74, 6) is 2.85. The van der Waals surface area contributed by atoms with Crippen molar-refractivity contribution < 1.29 is 18.6 Å². The molecule has 0 saturated carbocycles. The van der Waals surface area contributed by atoms with Gasteiger partial charge in [-0.25, -0.2) is 0 Å².